The zero-order valence-corrected chi connectivity index (χ0v) is 14.1. The van der Waals surface area contributed by atoms with Crippen LogP contribution in [0.15, 0.2) is 54.6 Å². The molecule has 2 aromatic rings. The largest absolute Gasteiger partial charge is 0.399 e. The van der Waals surface area contributed by atoms with Crippen LogP contribution in [-0.2, 0) is 12.8 Å². The second-order valence-corrected chi connectivity index (χ2v) is 6.96. The molecule has 0 amide bonds. The Kier molecular flexibility index (Phi) is 5.35. The van der Waals surface area contributed by atoms with Gasteiger partial charge in [0.15, 0.2) is 0 Å². The Balaban J connectivity index is 1.47. The molecule has 1 heterocycles. The topological polar surface area (TPSA) is 29.3 Å². The fourth-order valence-corrected chi connectivity index (χ4v) is 3.67. The fraction of sp³-hybridized carbons (Fsp3) is 0.429. The Labute approximate surface area is 140 Å². The summed E-state index contributed by atoms with van der Waals surface area (Å²) < 4.78 is 0. The van der Waals surface area contributed by atoms with E-state index in [0.717, 1.165) is 18.0 Å². The van der Waals surface area contributed by atoms with Crippen molar-refractivity contribution >= 4 is 5.69 Å². The van der Waals surface area contributed by atoms with Gasteiger partial charge in [0.2, 0.25) is 0 Å². The van der Waals surface area contributed by atoms with Crippen LogP contribution in [0.1, 0.15) is 30.9 Å². The lowest BCUT2D eigenvalue weighted by Gasteiger charge is -2.36. The minimum Gasteiger partial charge on any atom is -0.399 e. The predicted octanol–water partition coefficient (Wildman–Crippen LogP) is 4.15. The standard InChI is InChI=1S/C21H28N2/c1-17(15-19-7-9-21(22)10-8-19)23-13-11-20(12-14-23)16-18-5-3-2-4-6-18/h2-10,17,20H,11-16,22H2,1H3/t17-/m0/s1. The summed E-state index contributed by atoms with van der Waals surface area (Å²) in [7, 11) is 0. The van der Waals surface area contributed by atoms with Gasteiger partial charge in [-0.05, 0) is 74.9 Å². The molecule has 1 fully saturated rings. The molecule has 1 saturated heterocycles. The molecule has 1 atom stereocenters. The summed E-state index contributed by atoms with van der Waals surface area (Å²) >= 11 is 0. The van der Waals surface area contributed by atoms with Crippen molar-refractivity contribution in [3.63, 3.8) is 0 Å². The van der Waals surface area contributed by atoms with E-state index in [4.69, 9.17) is 5.73 Å². The van der Waals surface area contributed by atoms with Gasteiger partial charge in [-0.25, -0.2) is 0 Å². The number of anilines is 1. The van der Waals surface area contributed by atoms with Crippen LogP contribution in [0.5, 0.6) is 0 Å². The van der Waals surface area contributed by atoms with Crippen molar-refractivity contribution in [3.05, 3.63) is 65.7 Å². The molecule has 1 aliphatic heterocycles. The molecule has 122 valence electrons. The maximum atomic E-state index is 5.77. The van der Waals surface area contributed by atoms with Crippen molar-refractivity contribution in [3.8, 4) is 0 Å². The van der Waals surface area contributed by atoms with E-state index >= 15 is 0 Å². The lowest BCUT2D eigenvalue weighted by atomic mass is 9.89. The summed E-state index contributed by atoms with van der Waals surface area (Å²) in [6.07, 6.45) is 4.99. The normalized spacial score (nSPS) is 18.0. The molecule has 0 aromatic heterocycles. The number of nitrogen functional groups attached to an aromatic ring is 1. The Morgan fingerprint density at radius 2 is 1.61 bits per heavy atom. The summed E-state index contributed by atoms with van der Waals surface area (Å²) in [4.78, 5) is 2.65. The van der Waals surface area contributed by atoms with E-state index in [1.165, 1.54) is 43.5 Å². The molecule has 2 N–H and O–H groups in total. The lowest BCUT2D eigenvalue weighted by molar-refractivity contribution is 0.140. The smallest absolute Gasteiger partial charge is 0.0314 e. The van der Waals surface area contributed by atoms with E-state index in [1.54, 1.807) is 0 Å². The maximum Gasteiger partial charge on any atom is 0.0314 e. The van der Waals surface area contributed by atoms with Crippen LogP contribution in [0, 0.1) is 5.92 Å². The van der Waals surface area contributed by atoms with Crippen molar-refractivity contribution in [1.82, 2.24) is 4.90 Å². The van der Waals surface area contributed by atoms with Gasteiger partial charge in [-0.3, -0.25) is 0 Å². The molecule has 1 aliphatic rings. The van der Waals surface area contributed by atoms with Gasteiger partial charge in [-0.1, -0.05) is 42.5 Å². The second kappa shape index (κ2) is 7.65. The first-order chi connectivity index (χ1) is 11.2. The molecule has 0 unspecified atom stereocenters. The number of nitrogens with two attached hydrogens (primary N) is 1. The molecule has 0 radical (unpaired) electrons. The number of likely N-dealkylation sites (tertiary alicyclic amines) is 1. The van der Waals surface area contributed by atoms with E-state index in [-0.39, 0.29) is 0 Å². The third kappa shape index (κ3) is 4.59. The molecular weight excluding hydrogens is 280 g/mol. The highest BCUT2D eigenvalue weighted by Crippen LogP contribution is 2.24. The van der Waals surface area contributed by atoms with Crippen LogP contribution in [0.3, 0.4) is 0 Å². The zero-order chi connectivity index (χ0) is 16.1. The molecule has 2 heteroatoms. The predicted molar refractivity (Wildman–Crippen MR) is 98.5 cm³/mol. The number of benzene rings is 2. The molecule has 0 aliphatic carbocycles. The lowest BCUT2D eigenvalue weighted by Crippen LogP contribution is -2.41. The number of piperidine rings is 1. The number of hydrogen-bond donors (Lipinski definition) is 1. The van der Waals surface area contributed by atoms with Gasteiger partial charge in [-0.15, -0.1) is 0 Å². The third-order valence-electron chi connectivity index (χ3n) is 5.15. The first kappa shape index (κ1) is 16.1. The Bertz CT molecular complexity index is 583. The van der Waals surface area contributed by atoms with Gasteiger partial charge >= 0.3 is 0 Å². The zero-order valence-electron chi connectivity index (χ0n) is 14.1. The van der Waals surface area contributed by atoms with Crippen molar-refractivity contribution in [1.29, 1.82) is 0 Å². The van der Waals surface area contributed by atoms with Gasteiger partial charge in [0.1, 0.15) is 0 Å². The average Bonchev–Trinajstić information content (AvgIpc) is 2.58. The monoisotopic (exact) mass is 308 g/mol. The van der Waals surface area contributed by atoms with Crippen LogP contribution >= 0.6 is 0 Å². The molecular formula is C21H28N2. The molecule has 3 rings (SSSR count). The van der Waals surface area contributed by atoms with E-state index in [2.05, 4.69) is 54.3 Å². The fourth-order valence-electron chi connectivity index (χ4n) is 3.67. The highest BCUT2D eigenvalue weighted by Gasteiger charge is 2.22. The Morgan fingerprint density at radius 1 is 0.957 bits per heavy atom. The molecule has 2 aromatic carbocycles. The quantitative estimate of drug-likeness (QED) is 0.841. The van der Waals surface area contributed by atoms with Crippen molar-refractivity contribution in [2.45, 2.75) is 38.6 Å². The third-order valence-corrected chi connectivity index (χ3v) is 5.15. The minimum absolute atomic E-state index is 0.608. The van der Waals surface area contributed by atoms with Crippen molar-refractivity contribution in [2.24, 2.45) is 5.92 Å². The summed E-state index contributed by atoms with van der Waals surface area (Å²) in [5.41, 5.74) is 9.49. The van der Waals surface area contributed by atoms with Gasteiger partial charge in [-0.2, -0.15) is 0 Å². The van der Waals surface area contributed by atoms with Crippen molar-refractivity contribution in [2.75, 3.05) is 18.8 Å². The van der Waals surface area contributed by atoms with Crippen LogP contribution in [0.25, 0.3) is 0 Å². The molecule has 0 spiro atoms. The van der Waals surface area contributed by atoms with Crippen LogP contribution in [-0.4, -0.2) is 24.0 Å². The summed E-state index contributed by atoms with van der Waals surface area (Å²) in [6, 6.07) is 19.9. The first-order valence-corrected chi connectivity index (χ1v) is 8.83. The van der Waals surface area contributed by atoms with E-state index < -0.39 is 0 Å². The molecule has 0 bridgehead atoms. The van der Waals surface area contributed by atoms with Crippen LogP contribution < -0.4 is 5.73 Å². The minimum atomic E-state index is 0.608. The first-order valence-electron chi connectivity index (χ1n) is 8.83. The summed E-state index contributed by atoms with van der Waals surface area (Å²) in [6.45, 7) is 4.81. The maximum absolute atomic E-state index is 5.77. The highest BCUT2D eigenvalue weighted by atomic mass is 15.2. The van der Waals surface area contributed by atoms with E-state index in [1.807, 2.05) is 12.1 Å². The number of rotatable bonds is 5. The second-order valence-electron chi connectivity index (χ2n) is 6.96. The van der Waals surface area contributed by atoms with Crippen LogP contribution in [0.2, 0.25) is 0 Å². The Hall–Kier alpha value is -1.80. The van der Waals surface area contributed by atoms with Gasteiger partial charge in [0.25, 0.3) is 0 Å². The van der Waals surface area contributed by atoms with Crippen LogP contribution in [0.4, 0.5) is 5.69 Å². The average molecular weight is 308 g/mol. The number of nitrogens with zero attached hydrogens (tertiary/aromatic N) is 1. The van der Waals surface area contributed by atoms with Crippen molar-refractivity contribution < 1.29 is 0 Å². The Morgan fingerprint density at radius 3 is 2.26 bits per heavy atom. The van der Waals surface area contributed by atoms with E-state index in [0.29, 0.717) is 6.04 Å². The summed E-state index contributed by atoms with van der Waals surface area (Å²) in [5, 5.41) is 0. The SMILES string of the molecule is C[C@@H](Cc1ccc(N)cc1)N1CCC(Cc2ccccc2)CC1. The van der Waals surface area contributed by atoms with E-state index in [9.17, 15) is 0 Å². The van der Waals surface area contributed by atoms with Gasteiger partial charge in [0.05, 0.1) is 0 Å². The molecule has 23 heavy (non-hydrogen) atoms. The van der Waals surface area contributed by atoms with Gasteiger partial charge in [0, 0.05) is 11.7 Å². The summed E-state index contributed by atoms with van der Waals surface area (Å²) in [5.74, 6) is 0.845. The number of hydrogen-bond acceptors (Lipinski definition) is 2. The molecule has 0 saturated carbocycles. The molecule has 2 nitrogen and oxygen atoms in total. The highest BCUT2D eigenvalue weighted by molar-refractivity contribution is 5.39. The van der Waals surface area contributed by atoms with Gasteiger partial charge < -0.3 is 10.6 Å².